The van der Waals surface area contributed by atoms with Crippen molar-refractivity contribution in [3.8, 4) is 0 Å². The predicted molar refractivity (Wildman–Crippen MR) is 78.3 cm³/mol. The van der Waals surface area contributed by atoms with Crippen LogP contribution in [0, 0.1) is 11.3 Å². The summed E-state index contributed by atoms with van der Waals surface area (Å²) in [7, 11) is 0. The number of piperidine rings is 2. The second-order valence-corrected chi connectivity index (χ2v) is 7.03. The van der Waals surface area contributed by atoms with Crippen molar-refractivity contribution in [3.05, 3.63) is 0 Å². The zero-order valence-electron chi connectivity index (χ0n) is 13.1. The minimum Gasteiger partial charge on any atom is -0.353 e. The summed E-state index contributed by atoms with van der Waals surface area (Å²) in [5.74, 6) is 0.311. The molecule has 2 saturated heterocycles. The summed E-state index contributed by atoms with van der Waals surface area (Å²) in [4.78, 5) is 37.2. The number of amides is 3. The Kier molecular flexibility index (Phi) is 4.54. The Morgan fingerprint density at radius 3 is 2.71 bits per heavy atom. The lowest BCUT2D eigenvalue weighted by atomic mass is 9.85. The topological polar surface area (TPSA) is 78.5 Å². The van der Waals surface area contributed by atoms with Gasteiger partial charge < -0.3 is 15.5 Å². The zero-order chi connectivity index (χ0) is 15.6. The molecule has 2 fully saturated rings. The average Bonchev–Trinajstić information content (AvgIpc) is 2.42. The molecule has 3 amide bonds. The number of fused-ring (bicyclic) bond motifs is 1. The Hall–Kier alpha value is -1.59. The second-order valence-electron chi connectivity index (χ2n) is 7.03. The quantitative estimate of drug-likeness (QED) is 0.768. The third-order valence-electron chi connectivity index (χ3n) is 4.26. The lowest BCUT2D eigenvalue weighted by molar-refractivity contribution is -0.137. The molecule has 0 aliphatic carbocycles. The molecule has 0 saturated carbocycles. The van der Waals surface area contributed by atoms with Gasteiger partial charge in [0.15, 0.2) is 0 Å². The predicted octanol–water partition coefficient (Wildman–Crippen LogP) is 0.276. The van der Waals surface area contributed by atoms with E-state index in [2.05, 4.69) is 10.6 Å². The van der Waals surface area contributed by atoms with Crippen LogP contribution in [-0.2, 0) is 14.4 Å². The number of hydrogen-bond acceptors (Lipinski definition) is 3. The molecule has 21 heavy (non-hydrogen) atoms. The minimum atomic E-state index is -0.485. The van der Waals surface area contributed by atoms with E-state index in [-0.39, 0.29) is 30.3 Å². The van der Waals surface area contributed by atoms with Crippen molar-refractivity contribution >= 4 is 17.7 Å². The highest BCUT2D eigenvalue weighted by atomic mass is 16.2. The first-order valence-electron chi connectivity index (χ1n) is 7.63. The molecular formula is C15H25N3O3. The van der Waals surface area contributed by atoms with E-state index in [0.29, 0.717) is 25.4 Å². The van der Waals surface area contributed by atoms with Crippen molar-refractivity contribution in [1.82, 2.24) is 15.5 Å². The van der Waals surface area contributed by atoms with Gasteiger partial charge in [-0.3, -0.25) is 14.4 Å². The number of carbonyl (C=O) groups is 3. The molecule has 6 nitrogen and oxygen atoms in total. The number of carbonyl (C=O) groups excluding carboxylic acids is 3. The van der Waals surface area contributed by atoms with Crippen LogP contribution in [0.3, 0.4) is 0 Å². The van der Waals surface area contributed by atoms with Crippen LogP contribution in [-0.4, -0.2) is 48.3 Å². The van der Waals surface area contributed by atoms with Crippen molar-refractivity contribution < 1.29 is 14.4 Å². The van der Waals surface area contributed by atoms with Gasteiger partial charge >= 0.3 is 0 Å². The van der Waals surface area contributed by atoms with Crippen molar-refractivity contribution in [1.29, 1.82) is 0 Å². The smallest absolute Gasteiger partial charge is 0.241 e. The number of rotatable bonds is 2. The van der Waals surface area contributed by atoms with E-state index in [4.69, 9.17) is 0 Å². The highest BCUT2D eigenvalue weighted by Crippen LogP contribution is 2.25. The third kappa shape index (κ3) is 3.95. The number of hydrogen-bond donors (Lipinski definition) is 2. The lowest BCUT2D eigenvalue weighted by Gasteiger charge is -2.41. The van der Waals surface area contributed by atoms with E-state index in [1.807, 2.05) is 25.7 Å². The van der Waals surface area contributed by atoms with Crippen molar-refractivity contribution in [2.75, 3.05) is 19.6 Å². The van der Waals surface area contributed by atoms with E-state index in [1.165, 1.54) is 0 Å². The molecule has 0 aromatic carbocycles. The van der Waals surface area contributed by atoms with Gasteiger partial charge in [0.1, 0.15) is 0 Å². The molecule has 0 spiro atoms. The molecule has 2 N–H and O–H groups in total. The maximum Gasteiger partial charge on any atom is 0.241 e. The van der Waals surface area contributed by atoms with Crippen LogP contribution in [0.25, 0.3) is 0 Å². The highest BCUT2D eigenvalue weighted by molar-refractivity contribution is 5.87. The second kappa shape index (κ2) is 6.03. The highest BCUT2D eigenvalue weighted by Gasteiger charge is 2.35. The van der Waals surface area contributed by atoms with Crippen LogP contribution in [0.15, 0.2) is 0 Å². The Bertz CT molecular complexity index is 442. The lowest BCUT2D eigenvalue weighted by Crippen LogP contribution is -2.56. The summed E-state index contributed by atoms with van der Waals surface area (Å²) in [5, 5.41) is 5.70. The summed E-state index contributed by atoms with van der Waals surface area (Å²) in [5.41, 5.74) is -0.485. The third-order valence-corrected chi connectivity index (χ3v) is 4.26. The van der Waals surface area contributed by atoms with Gasteiger partial charge in [0.05, 0.1) is 6.54 Å². The maximum absolute atomic E-state index is 12.2. The molecule has 2 unspecified atom stereocenters. The minimum absolute atomic E-state index is 0.0389. The molecule has 118 valence electrons. The molecule has 6 heteroatoms. The van der Waals surface area contributed by atoms with Crippen LogP contribution >= 0.6 is 0 Å². The molecule has 2 heterocycles. The first kappa shape index (κ1) is 15.8. The summed E-state index contributed by atoms with van der Waals surface area (Å²) in [6.07, 6.45) is 2.19. The molecule has 2 aliphatic heterocycles. The van der Waals surface area contributed by atoms with E-state index in [1.54, 1.807) is 0 Å². The van der Waals surface area contributed by atoms with E-state index in [0.717, 1.165) is 12.8 Å². The molecular weight excluding hydrogens is 270 g/mol. The first-order chi connectivity index (χ1) is 9.77. The Labute approximate surface area is 125 Å². The molecule has 0 aromatic rings. The fourth-order valence-corrected chi connectivity index (χ4v) is 2.87. The summed E-state index contributed by atoms with van der Waals surface area (Å²) in [6, 6.07) is 0.208. The largest absolute Gasteiger partial charge is 0.353 e. The number of likely N-dealkylation sites (tertiary alicyclic amines) is 1. The van der Waals surface area contributed by atoms with Crippen LogP contribution in [0.4, 0.5) is 0 Å². The maximum atomic E-state index is 12.2. The van der Waals surface area contributed by atoms with E-state index < -0.39 is 5.41 Å². The number of nitrogens with one attached hydrogen (secondary N) is 2. The van der Waals surface area contributed by atoms with Gasteiger partial charge in [-0.1, -0.05) is 20.8 Å². The monoisotopic (exact) mass is 295 g/mol. The van der Waals surface area contributed by atoms with E-state index in [9.17, 15) is 14.4 Å². The van der Waals surface area contributed by atoms with Gasteiger partial charge in [-0.05, 0) is 18.8 Å². The summed E-state index contributed by atoms with van der Waals surface area (Å²) < 4.78 is 0. The fourth-order valence-electron chi connectivity index (χ4n) is 2.87. The van der Waals surface area contributed by atoms with Crippen molar-refractivity contribution in [2.24, 2.45) is 11.3 Å². The van der Waals surface area contributed by atoms with Crippen molar-refractivity contribution in [2.45, 2.75) is 46.1 Å². The summed E-state index contributed by atoms with van der Waals surface area (Å²) >= 11 is 0. The van der Waals surface area contributed by atoms with Gasteiger partial charge in [0.25, 0.3) is 0 Å². The molecule has 2 aliphatic rings. The Morgan fingerprint density at radius 1 is 1.33 bits per heavy atom. The summed E-state index contributed by atoms with van der Waals surface area (Å²) in [6.45, 7) is 6.84. The van der Waals surface area contributed by atoms with Crippen molar-refractivity contribution in [3.63, 3.8) is 0 Å². The molecule has 0 aromatic heterocycles. The number of nitrogens with zero attached hydrogens (tertiary/aromatic N) is 1. The Morgan fingerprint density at radius 2 is 2.05 bits per heavy atom. The molecule has 0 radical (unpaired) electrons. The Balaban J connectivity index is 1.82. The standard InChI is InChI=1S/C15H25N3O3/c1-15(2,3)14(21)16-8-13(20)18-7-6-11-10(9-18)4-5-12(19)17-11/h10-11H,4-9H2,1-3H3,(H,16,21)(H,17,19). The van der Waals surface area contributed by atoms with Crippen LogP contribution < -0.4 is 10.6 Å². The van der Waals surface area contributed by atoms with Gasteiger partial charge in [-0.25, -0.2) is 0 Å². The van der Waals surface area contributed by atoms with Gasteiger partial charge in [-0.2, -0.15) is 0 Å². The van der Waals surface area contributed by atoms with E-state index >= 15 is 0 Å². The SMILES string of the molecule is CC(C)(C)C(=O)NCC(=O)N1CCC2NC(=O)CCC2C1. The molecule has 2 rings (SSSR count). The van der Waals surface area contributed by atoms with Crippen LogP contribution in [0.5, 0.6) is 0 Å². The average molecular weight is 295 g/mol. The van der Waals surface area contributed by atoms with Gasteiger partial charge in [-0.15, -0.1) is 0 Å². The first-order valence-corrected chi connectivity index (χ1v) is 7.63. The molecule has 2 atom stereocenters. The normalized spacial score (nSPS) is 25.9. The van der Waals surface area contributed by atoms with Crippen LogP contribution in [0.1, 0.15) is 40.0 Å². The zero-order valence-corrected chi connectivity index (χ0v) is 13.1. The van der Waals surface area contributed by atoms with Gasteiger partial charge in [0.2, 0.25) is 17.7 Å². The van der Waals surface area contributed by atoms with Crippen LogP contribution in [0.2, 0.25) is 0 Å². The fraction of sp³-hybridized carbons (Fsp3) is 0.800. The molecule has 0 bridgehead atoms. The van der Waals surface area contributed by atoms with Gasteiger partial charge in [0, 0.05) is 31.0 Å².